The fraction of sp³-hybridized carbons (Fsp3) is 1.00. The summed E-state index contributed by atoms with van der Waals surface area (Å²) in [5.74, 6) is 3.08. The predicted octanol–water partition coefficient (Wildman–Crippen LogP) is 1.86. The molecule has 6 rings (SSSR count). The Kier molecular flexibility index (Phi) is 2.29. The topological polar surface area (TPSA) is 15.3 Å². The SMILES string of the molecule is C1CC2CCC1NC2C1CN2CCC1CC2. The lowest BCUT2D eigenvalue weighted by molar-refractivity contribution is -0.00977. The van der Waals surface area contributed by atoms with E-state index in [1.54, 1.807) is 0 Å². The molecule has 90 valence electrons. The predicted molar refractivity (Wildman–Crippen MR) is 65.3 cm³/mol. The van der Waals surface area contributed by atoms with Crippen LogP contribution in [0, 0.1) is 17.8 Å². The first-order chi connectivity index (χ1) is 7.90. The van der Waals surface area contributed by atoms with E-state index in [1.165, 1.54) is 58.2 Å². The number of nitrogens with one attached hydrogen (secondary N) is 1. The molecule has 2 atom stereocenters. The first-order valence-corrected chi connectivity index (χ1v) is 7.38. The van der Waals surface area contributed by atoms with E-state index in [0.29, 0.717) is 0 Å². The number of hydrogen-bond donors (Lipinski definition) is 1. The summed E-state index contributed by atoms with van der Waals surface area (Å²) < 4.78 is 0. The van der Waals surface area contributed by atoms with Crippen molar-refractivity contribution in [3.8, 4) is 0 Å². The quantitative estimate of drug-likeness (QED) is 0.725. The maximum atomic E-state index is 3.98. The lowest BCUT2D eigenvalue weighted by Gasteiger charge is -2.54. The van der Waals surface area contributed by atoms with Gasteiger partial charge in [0.05, 0.1) is 0 Å². The van der Waals surface area contributed by atoms with Crippen molar-refractivity contribution in [3.63, 3.8) is 0 Å². The molecule has 0 amide bonds. The van der Waals surface area contributed by atoms with E-state index in [0.717, 1.165) is 29.8 Å². The molecule has 5 heterocycles. The van der Waals surface area contributed by atoms with Gasteiger partial charge >= 0.3 is 0 Å². The third-order valence-electron chi connectivity index (χ3n) is 5.88. The summed E-state index contributed by atoms with van der Waals surface area (Å²) in [5, 5.41) is 3.98. The van der Waals surface area contributed by atoms with Gasteiger partial charge in [0, 0.05) is 18.6 Å². The molecule has 5 aliphatic heterocycles. The van der Waals surface area contributed by atoms with Gasteiger partial charge < -0.3 is 10.2 Å². The van der Waals surface area contributed by atoms with Gasteiger partial charge in [0.1, 0.15) is 0 Å². The van der Waals surface area contributed by atoms with E-state index in [2.05, 4.69) is 10.2 Å². The van der Waals surface area contributed by atoms with Crippen molar-refractivity contribution < 1.29 is 0 Å². The Balaban J connectivity index is 1.53. The summed E-state index contributed by atoms with van der Waals surface area (Å²) in [7, 11) is 0. The molecule has 1 aliphatic carbocycles. The molecule has 0 radical (unpaired) electrons. The largest absolute Gasteiger partial charge is 0.311 e. The zero-order valence-corrected chi connectivity index (χ0v) is 10.2. The summed E-state index contributed by atoms with van der Waals surface area (Å²) >= 11 is 0. The summed E-state index contributed by atoms with van der Waals surface area (Å²) in [6, 6.07) is 1.77. The number of rotatable bonds is 1. The molecule has 4 bridgehead atoms. The van der Waals surface area contributed by atoms with Gasteiger partial charge in [-0.25, -0.2) is 0 Å². The minimum absolute atomic E-state index is 0.880. The molecule has 6 fully saturated rings. The molecular formula is C14H24N2. The molecule has 0 spiro atoms. The second-order valence-corrected chi connectivity index (χ2v) is 6.61. The van der Waals surface area contributed by atoms with E-state index in [9.17, 15) is 0 Å². The van der Waals surface area contributed by atoms with Crippen molar-refractivity contribution in [3.05, 3.63) is 0 Å². The molecule has 2 unspecified atom stereocenters. The van der Waals surface area contributed by atoms with Crippen LogP contribution in [0.4, 0.5) is 0 Å². The molecule has 16 heavy (non-hydrogen) atoms. The van der Waals surface area contributed by atoms with E-state index in [1.807, 2.05) is 0 Å². The van der Waals surface area contributed by atoms with Gasteiger partial charge in [-0.3, -0.25) is 0 Å². The first kappa shape index (κ1) is 9.90. The van der Waals surface area contributed by atoms with Crippen molar-refractivity contribution >= 4 is 0 Å². The lowest BCUT2D eigenvalue weighted by Crippen LogP contribution is -2.61. The summed E-state index contributed by atoms with van der Waals surface area (Å²) in [6.45, 7) is 4.19. The second-order valence-electron chi connectivity index (χ2n) is 6.61. The number of nitrogens with zero attached hydrogens (tertiary/aromatic N) is 1. The van der Waals surface area contributed by atoms with Crippen LogP contribution in [0.15, 0.2) is 0 Å². The summed E-state index contributed by atoms with van der Waals surface area (Å²) in [4.78, 5) is 2.72. The number of piperidine rings is 5. The molecule has 5 saturated heterocycles. The smallest absolute Gasteiger partial charge is 0.0141 e. The van der Waals surface area contributed by atoms with Crippen LogP contribution in [0.3, 0.4) is 0 Å². The average Bonchev–Trinajstić information content (AvgIpc) is 2.41. The molecule has 2 heteroatoms. The second kappa shape index (κ2) is 3.71. The molecule has 0 aromatic carbocycles. The third kappa shape index (κ3) is 1.46. The van der Waals surface area contributed by atoms with E-state index < -0.39 is 0 Å². The Bertz CT molecular complexity index is 234. The maximum absolute atomic E-state index is 3.98. The molecule has 0 aromatic heterocycles. The summed E-state index contributed by atoms with van der Waals surface area (Å²) in [5.41, 5.74) is 0. The van der Waals surface area contributed by atoms with Crippen LogP contribution >= 0.6 is 0 Å². The first-order valence-electron chi connectivity index (χ1n) is 7.38. The third-order valence-corrected chi connectivity index (χ3v) is 5.88. The number of fused-ring (bicyclic) bond motifs is 7. The average molecular weight is 220 g/mol. The Labute approximate surface area is 98.8 Å². The monoisotopic (exact) mass is 220 g/mol. The molecule has 6 aliphatic rings. The van der Waals surface area contributed by atoms with Crippen molar-refractivity contribution in [2.75, 3.05) is 19.6 Å². The zero-order chi connectivity index (χ0) is 10.5. The molecular weight excluding hydrogens is 196 g/mol. The fourth-order valence-corrected chi connectivity index (χ4v) is 4.94. The zero-order valence-electron chi connectivity index (χ0n) is 10.2. The van der Waals surface area contributed by atoms with E-state index in [4.69, 9.17) is 0 Å². The normalized spacial score (nSPS) is 55.5. The highest BCUT2D eigenvalue weighted by Crippen LogP contribution is 2.42. The minimum atomic E-state index is 0.880. The van der Waals surface area contributed by atoms with Crippen molar-refractivity contribution in [1.82, 2.24) is 10.2 Å². The Hall–Kier alpha value is -0.0800. The van der Waals surface area contributed by atoms with Crippen molar-refractivity contribution in [2.45, 2.75) is 50.6 Å². The van der Waals surface area contributed by atoms with Gasteiger partial charge in [0.15, 0.2) is 0 Å². The molecule has 1 saturated carbocycles. The van der Waals surface area contributed by atoms with Gasteiger partial charge in [0.25, 0.3) is 0 Å². The highest BCUT2D eigenvalue weighted by atomic mass is 15.2. The minimum Gasteiger partial charge on any atom is -0.311 e. The highest BCUT2D eigenvalue weighted by molar-refractivity contribution is 5.01. The Morgan fingerprint density at radius 3 is 2.06 bits per heavy atom. The standard InChI is InChI=1S/C14H24N2/c1-3-12-4-2-11(1)14(15-12)13-9-16-7-5-10(13)6-8-16/h10-15H,1-9H2. The van der Waals surface area contributed by atoms with Crippen LogP contribution in [0.5, 0.6) is 0 Å². The van der Waals surface area contributed by atoms with E-state index >= 15 is 0 Å². The van der Waals surface area contributed by atoms with Crippen LogP contribution in [0.2, 0.25) is 0 Å². The van der Waals surface area contributed by atoms with Gasteiger partial charge in [0.2, 0.25) is 0 Å². The Morgan fingerprint density at radius 2 is 1.56 bits per heavy atom. The van der Waals surface area contributed by atoms with Gasteiger partial charge in [-0.2, -0.15) is 0 Å². The number of hydrogen-bond acceptors (Lipinski definition) is 2. The van der Waals surface area contributed by atoms with Crippen LogP contribution in [-0.2, 0) is 0 Å². The molecule has 0 aromatic rings. The molecule has 1 N–H and O–H groups in total. The van der Waals surface area contributed by atoms with Gasteiger partial charge in [-0.15, -0.1) is 0 Å². The van der Waals surface area contributed by atoms with E-state index in [-0.39, 0.29) is 0 Å². The summed E-state index contributed by atoms with van der Waals surface area (Å²) in [6.07, 6.45) is 8.93. The Morgan fingerprint density at radius 1 is 0.812 bits per heavy atom. The van der Waals surface area contributed by atoms with Crippen LogP contribution in [0.25, 0.3) is 0 Å². The van der Waals surface area contributed by atoms with Crippen LogP contribution in [-0.4, -0.2) is 36.6 Å². The van der Waals surface area contributed by atoms with Crippen LogP contribution < -0.4 is 5.32 Å². The van der Waals surface area contributed by atoms with Gasteiger partial charge in [-0.1, -0.05) is 0 Å². The van der Waals surface area contributed by atoms with Gasteiger partial charge in [-0.05, 0) is 69.4 Å². The lowest BCUT2D eigenvalue weighted by atomic mass is 9.66. The molecule has 2 nitrogen and oxygen atoms in total. The maximum Gasteiger partial charge on any atom is 0.0141 e. The highest BCUT2D eigenvalue weighted by Gasteiger charge is 2.45. The van der Waals surface area contributed by atoms with Crippen molar-refractivity contribution in [2.24, 2.45) is 17.8 Å². The van der Waals surface area contributed by atoms with Crippen LogP contribution in [0.1, 0.15) is 38.5 Å². The fourth-order valence-electron chi connectivity index (χ4n) is 4.94. The van der Waals surface area contributed by atoms with Crippen molar-refractivity contribution in [1.29, 1.82) is 0 Å².